The molecule has 0 amide bonds. The molecule has 4 unspecified atom stereocenters. The summed E-state index contributed by atoms with van der Waals surface area (Å²) in [7, 11) is 0. The molecule has 21 heavy (non-hydrogen) atoms. The van der Waals surface area contributed by atoms with Crippen LogP contribution < -0.4 is 0 Å². The maximum Gasteiger partial charge on any atom is 0.309 e. The molecule has 3 aliphatic carbocycles. The van der Waals surface area contributed by atoms with Crippen LogP contribution in [0.25, 0.3) is 0 Å². The zero-order valence-corrected chi connectivity index (χ0v) is 12.6. The highest BCUT2D eigenvalue weighted by Gasteiger charge is 2.48. The third-order valence-corrected chi connectivity index (χ3v) is 6.51. The van der Waals surface area contributed by atoms with Crippen molar-refractivity contribution in [2.45, 2.75) is 51.4 Å². The van der Waals surface area contributed by atoms with Gasteiger partial charge in [0.1, 0.15) is 0 Å². The van der Waals surface area contributed by atoms with Crippen LogP contribution in [0.5, 0.6) is 0 Å². The van der Waals surface area contributed by atoms with Gasteiger partial charge in [-0.2, -0.15) is 0 Å². The molecule has 4 atom stereocenters. The molecule has 0 heterocycles. The Bertz CT molecular complexity index is 564. The second-order valence-electron chi connectivity index (χ2n) is 7.67. The normalized spacial score (nSPS) is 37.4. The topological polar surface area (TPSA) is 37.3 Å². The average molecular weight is 284 g/mol. The van der Waals surface area contributed by atoms with Crippen molar-refractivity contribution in [1.82, 2.24) is 0 Å². The summed E-state index contributed by atoms with van der Waals surface area (Å²) in [6.45, 7) is 0. The first kappa shape index (κ1) is 13.4. The van der Waals surface area contributed by atoms with Crippen LogP contribution in [0.4, 0.5) is 0 Å². The third-order valence-electron chi connectivity index (χ3n) is 6.51. The predicted octanol–water partition coefficient (Wildman–Crippen LogP) is 4.07. The van der Waals surface area contributed by atoms with E-state index in [2.05, 4.69) is 18.2 Å². The van der Waals surface area contributed by atoms with Gasteiger partial charge >= 0.3 is 5.97 Å². The Hall–Kier alpha value is -1.31. The van der Waals surface area contributed by atoms with Gasteiger partial charge in [-0.1, -0.05) is 30.7 Å². The molecular weight excluding hydrogens is 260 g/mol. The number of aryl methyl sites for hydroxylation is 1. The third kappa shape index (κ3) is 2.20. The summed E-state index contributed by atoms with van der Waals surface area (Å²) in [4.78, 5) is 12.1. The molecule has 2 heteroatoms. The van der Waals surface area contributed by atoms with E-state index < -0.39 is 11.4 Å². The van der Waals surface area contributed by atoms with Crippen molar-refractivity contribution in [2.75, 3.05) is 0 Å². The van der Waals surface area contributed by atoms with Crippen molar-refractivity contribution >= 4 is 5.97 Å². The SMILES string of the molecule is O=C(O)C1(CC2CC3CCC2C3)CCc2ccccc2C1. The lowest BCUT2D eigenvalue weighted by atomic mass is 9.65. The van der Waals surface area contributed by atoms with Gasteiger partial charge in [0, 0.05) is 0 Å². The smallest absolute Gasteiger partial charge is 0.309 e. The molecule has 0 radical (unpaired) electrons. The van der Waals surface area contributed by atoms with Crippen LogP contribution in [-0.2, 0) is 17.6 Å². The number of carboxylic acid groups (broad SMARTS) is 1. The van der Waals surface area contributed by atoms with Gasteiger partial charge in [-0.15, -0.1) is 0 Å². The van der Waals surface area contributed by atoms with E-state index in [1.807, 2.05) is 6.07 Å². The van der Waals surface area contributed by atoms with E-state index in [4.69, 9.17) is 0 Å². The van der Waals surface area contributed by atoms with Crippen molar-refractivity contribution in [3.05, 3.63) is 35.4 Å². The first-order valence-electron chi connectivity index (χ1n) is 8.46. The van der Waals surface area contributed by atoms with E-state index in [-0.39, 0.29) is 0 Å². The highest BCUT2D eigenvalue weighted by Crippen LogP contribution is 2.53. The lowest BCUT2D eigenvalue weighted by Crippen LogP contribution is -2.39. The second kappa shape index (κ2) is 4.86. The average Bonchev–Trinajstić information content (AvgIpc) is 3.09. The molecule has 1 aromatic rings. The highest BCUT2D eigenvalue weighted by molar-refractivity contribution is 5.75. The fourth-order valence-corrected chi connectivity index (χ4v) is 5.37. The minimum atomic E-state index is -0.556. The summed E-state index contributed by atoms with van der Waals surface area (Å²) in [5.74, 6) is 1.84. The van der Waals surface area contributed by atoms with Crippen molar-refractivity contribution in [3.8, 4) is 0 Å². The standard InChI is InChI=1S/C19H24O2/c20-18(21)19(12-17-10-13-5-6-15(17)9-13)8-7-14-3-1-2-4-16(14)11-19/h1-4,13,15,17H,5-12H2,(H,20,21). The van der Waals surface area contributed by atoms with Gasteiger partial charge in [-0.3, -0.25) is 4.79 Å². The van der Waals surface area contributed by atoms with E-state index in [9.17, 15) is 9.90 Å². The summed E-state index contributed by atoms with van der Waals surface area (Å²) in [6, 6.07) is 8.42. The number of carbonyl (C=O) groups is 1. The van der Waals surface area contributed by atoms with Gasteiger partial charge in [0.25, 0.3) is 0 Å². The van der Waals surface area contributed by atoms with E-state index in [1.165, 1.54) is 36.8 Å². The number of aliphatic carboxylic acids is 1. The van der Waals surface area contributed by atoms with Gasteiger partial charge in [0.15, 0.2) is 0 Å². The highest BCUT2D eigenvalue weighted by atomic mass is 16.4. The molecule has 1 N–H and O–H groups in total. The Morgan fingerprint density at radius 2 is 2.00 bits per heavy atom. The summed E-state index contributed by atoms with van der Waals surface area (Å²) in [5, 5.41) is 9.94. The molecule has 1 aromatic carbocycles. The van der Waals surface area contributed by atoms with Crippen LogP contribution in [0.15, 0.2) is 24.3 Å². The molecule has 0 aromatic heterocycles. The zero-order chi connectivity index (χ0) is 14.4. The lowest BCUT2D eigenvalue weighted by molar-refractivity contribution is -0.151. The van der Waals surface area contributed by atoms with Crippen LogP contribution in [0.2, 0.25) is 0 Å². The zero-order valence-electron chi connectivity index (χ0n) is 12.6. The second-order valence-corrected chi connectivity index (χ2v) is 7.67. The molecule has 0 saturated heterocycles. The van der Waals surface area contributed by atoms with E-state index in [1.54, 1.807) is 0 Å². The van der Waals surface area contributed by atoms with Crippen LogP contribution in [-0.4, -0.2) is 11.1 Å². The number of hydrogen-bond acceptors (Lipinski definition) is 1. The molecule has 0 aliphatic heterocycles. The minimum Gasteiger partial charge on any atom is -0.481 e. The maximum atomic E-state index is 12.1. The molecule has 4 rings (SSSR count). The quantitative estimate of drug-likeness (QED) is 0.908. The van der Waals surface area contributed by atoms with Gasteiger partial charge in [0.2, 0.25) is 0 Å². The molecule has 2 saturated carbocycles. The van der Waals surface area contributed by atoms with Crippen LogP contribution in [0, 0.1) is 23.2 Å². The Morgan fingerprint density at radius 3 is 2.67 bits per heavy atom. The Balaban J connectivity index is 1.58. The van der Waals surface area contributed by atoms with Gasteiger partial charge in [-0.25, -0.2) is 0 Å². The first-order valence-corrected chi connectivity index (χ1v) is 8.46. The maximum absolute atomic E-state index is 12.1. The largest absolute Gasteiger partial charge is 0.481 e. The molecule has 0 spiro atoms. The van der Waals surface area contributed by atoms with E-state index >= 15 is 0 Å². The van der Waals surface area contributed by atoms with Crippen molar-refractivity contribution < 1.29 is 9.90 Å². The lowest BCUT2D eigenvalue weighted by Gasteiger charge is -2.38. The number of benzene rings is 1. The van der Waals surface area contributed by atoms with E-state index in [0.717, 1.165) is 37.5 Å². The molecule has 3 aliphatic rings. The number of fused-ring (bicyclic) bond motifs is 3. The molecule has 2 bridgehead atoms. The van der Waals surface area contributed by atoms with Gasteiger partial charge < -0.3 is 5.11 Å². The summed E-state index contributed by atoms with van der Waals surface area (Å²) in [5.41, 5.74) is 2.14. The molecule has 112 valence electrons. The summed E-state index contributed by atoms with van der Waals surface area (Å²) in [6.07, 6.45) is 8.82. The number of hydrogen-bond donors (Lipinski definition) is 1. The van der Waals surface area contributed by atoms with Gasteiger partial charge in [-0.05, 0) is 73.8 Å². The van der Waals surface area contributed by atoms with Crippen LogP contribution in [0.3, 0.4) is 0 Å². The Morgan fingerprint density at radius 1 is 1.19 bits per heavy atom. The minimum absolute atomic E-state index is 0.497. The molecular formula is C19H24O2. The van der Waals surface area contributed by atoms with Crippen molar-refractivity contribution in [2.24, 2.45) is 23.2 Å². The monoisotopic (exact) mass is 284 g/mol. The Kier molecular flexibility index (Phi) is 3.09. The van der Waals surface area contributed by atoms with Gasteiger partial charge in [0.05, 0.1) is 5.41 Å². The molecule has 2 nitrogen and oxygen atoms in total. The fraction of sp³-hybridized carbons (Fsp3) is 0.632. The summed E-state index contributed by atoms with van der Waals surface area (Å²) >= 11 is 0. The van der Waals surface area contributed by atoms with Crippen molar-refractivity contribution in [1.29, 1.82) is 0 Å². The van der Waals surface area contributed by atoms with Crippen LogP contribution >= 0.6 is 0 Å². The Labute approximate surface area is 126 Å². The fourth-order valence-electron chi connectivity index (χ4n) is 5.37. The number of carboxylic acids is 1. The number of rotatable bonds is 3. The first-order chi connectivity index (χ1) is 10.2. The van der Waals surface area contributed by atoms with Crippen LogP contribution in [0.1, 0.15) is 49.7 Å². The van der Waals surface area contributed by atoms with Crippen molar-refractivity contribution in [3.63, 3.8) is 0 Å². The molecule has 2 fully saturated rings. The van der Waals surface area contributed by atoms with E-state index in [0.29, 0.717) is 5.92 Å². The summed E-state index contributed by atoms with van der Waals surface area (Å²) < 4.78 is 0. The predicted molar refractivity (Wildman–Crippen MR) is 82.1 cm³/mol.